The zero-order chi connectivity index (χ0) is 14.5. The molecule has 0 radical (unpaired) electrons. The van der Waals surface area contributed by atoms with E-state index < -0.39 is 5.82 Å². The van der Waals surface area contributed by atoms with Crippen molar-refractivity contribution in [3.8, 4) is 0 Å². The van der Waals surface area contributed by atoms with E-state index in [-0.39, 0.29) is 5.84 Å². The minimum Gasteiger partial charge on any atom is -0.409 e. The smallest absolute Gasteiger partial charge is 0.170 e. The maximum absolute atomic E-state index is 13.2. The SMILES string of the molecule is Cc1csc(CNCc2ccc(F)cc2C(N)=NO)n1. The van der Waals surface area contributed by atoms with Crippen LogP contribution in [0.3, 0.4) is 0 Å². The highest BCUT2D eigenvalue weighted by atomic mass is 32.1. The third-order valence-electron chi connectivity index (χ3n) is 2.71. The quantitative estimate of drug-likeness (QED) is 0.341. The Morgan fingerprint density at radius 3 is 2.95 bits per heavy atom. The summed E-state index contributed by atoms with van der Waals surface area (Å²) in [6, 6.07) is 4.21. The van der Waals surface area contributed by atoms with Gasteiger partial charge in [0.05, 0.1) is 0 Å². The predicted molar refractivity (Wildman–Crippen MR) is 76.3 cm³/mol. The van der Waals surface area contributed by atoms with Gasteiger partial charge in [-0.25, -0.2) is 9.37 Å². The summed E-state index contributed by atoms with van der Waals surface area (Å²) >= 11 is 1.58. The second-order valence-corrected chi connectivity index (χ2v) is 5.22. The molecule has 0 saturated carbocycles. The van der Waals surface area contributed by atoms with Crippen molar-refractivity contribution in [3.05, 3.63) is 51.2 Å². The van der Waals surface area contributed by atoms with Gasteiger partial charge in [-0.15, -0.1) is 11.3 Å². The van der Waals surface area contributed by atoms with E-state index in [2.05, 4.69) is 15.5 Å². The Hall–Kier alpha value is -1.99. The summed E-state index contributed by atoms with van der Waals surface area (Å²) in [4.78, 5) is 4.34. The lowest BCUT2D eigenvalue weighted by Crippen LogP contribution is -2.20. The van der Waals surface area contributed by atoms with Crippen molar-refractivity contribution in [3.63, 3.8) is 0 Å². The Labute approximate surface area is 120 Å². The summed E-state index contributed by atoms with van der Waals surface area (Å²) in [5.41, 5.74) is 7.68. The molecular weight excluding hydrogens is 279 g/mol. The van der Waals surface area contributed by atoms with E-state index in [0.29, 0.717) is 18.7 Å². The fraction of sp³-hybridized carbons (Fsp3) is 0.231. The van der Waals surface area contributed by atoms with Gasteiger partial charge in [-0.05, 0) is 24.6 Å². The van der Waals surface area contributed by atoms with Crippen LogP contribution in [0, 0.1) is 12.7 Å². The molecule has 20 heavy (non-hydrogen) atoms. The van der Waals surface area contributed by atoms with Gasteiger partial charge in [0.1, 0.15) is 10.8 Å². The number of nitrogens with one attached hydrogen (secondary N) is 1. The number of oxime groups is 1. The molecule has 1 heterocycles. The summed E-state index contributed by atoms with van der Waals surface area (Å²) in [5.74, 6) is -0.530. The lowest BCUT2D eigenvalue weighted by atomic mass is 10.1. The second kappa shape index (κ2) is 6.44. The molecule has 4 N–H and O–H groups in total. The van der Waals surface area contributed by atoms with Gasteiger partial charge in [0.25, 0.3) is 0 Å². The van der Waals surface area contributed by atoms with E-state index in [4.69, 9.17) is 10.9 Å². The highest BCUT2D eigenvalue weighted by Gasteiger charge is 2.09. The average Bonchev–Trinajstić information content (AvgIpc) is 2.85. The zero-order valence-electron chi connectivity index (χ0n) is 10.9. The molecule has 0 saturated heterocycles. The lowest BCUT2D eigenvalue weighted by Gasteiger charge is -2.09. The fourth-order valence-corrected chi connectivity index (χ4v) is 2.52. The average molecular weight is 294 g/mol. The van der Waals surface area contributed by atoms with Crippen LogP contribution in [0.5, 0.6) is 0 Å². The molecule has 0 unspecified atom stereocenters. The van der Waals surface area contributed by atoms with E-state index in [1.807, 2.05) is 12.3 Å². The Bertz CT molecular complexity index is 627. The molecule has 0 atom stereocenters. The minimum absolute atomic E-state index is 0.105. The maximum atomic E-state index is 13.2. The van der Waals surface area contributed by atoms with E-state index in [1.54, 1.807) is 17.4 Å². The second-order valence-electron chi connectivity index (χ2n) is 4.27. The molecule has 5 nitrogen and oxygen atoms in total. The molecule has 0 spiro atoms. The molecule has 2 aromatic rings. The van der Waals surface area contributed by atoms with Crippen LogP contribution in [0.1, 0.15) is 21.8 Å². The number of nitrogens with two attached hydrogens (primary N) is 1. The molecule has 1 aromatic carbocycles. The van der Waals surface area contributed by atoms with Crippen LogP contribution in [0.2, 0.25) is 0 Å². The monoisotopic (exact) mass is 294 g/mol. The molecule has 0 fully saturated rings. The van der Waals surface area contributed by atoms with Gasteiger partial charge >= 0.3 is 0 Å². The third kappa shape index (κ3) is 3.52. The predicted octanol–water partition coefficient (Wildman–Crippen LogP) is 1.97. The van der Waals surface area contributed by atoms with Crippen LogP contribution < -0.4 is 11.1 Å². The highest BCUT2D eigenvalue weighted by molar-refractivity contribution is 7.09. The van der Waals surface area contributed by atoms with Crippen LogP contribution in [-0.4, -0.2) is 16.0 Å². The summed E-state index contributed by atoms with van der Waals surface area (Å²) in [7, 11) is 0. The Morgan fingerprint density at radius 2 is 2.30 bits per heavy atom. The first kappa shape index (κ1) is 14.4. The molecule has 0 amide bonds. The van der Waals surface area contributed by atoms with E-state index in [9.17, 15) is 4.39 Å². The van der Waals surface area contributed by atoms with Gasteiger partial charge in [0.15, 0.2) is 5.84 Å². The fourth-order valence-electron chi connectivity index (χ4n) is 1.78. The van der Waals surface area contributed by atoms with Gasteiger partial charge in [0.2, 0.25) is 0 Å². The number of halogens is 1. The standard InChI is InChI=1S/C13H15FN4OS/c1-8-7-20-12(17-8)6-16-5-9-2-3-10(14)4-11(9)13(15)18-19/h2-4,7,16,19H,5-6H2,1H3,(H2,15,18). The topological polar surface area (TPSA) is 83.5 Å². The third-order valence-corrected chi connectivity index (χ3v) is 3.68. The van der Waals surface area contributed by atoms with Crippen LogP contribution in [-0.2, 0) is 13.1 Å². The number of rotatable bonds is 5. The van der Waals surface area contributed by atoms with Crippen molar-refractivity contribution in [1.82, 2.24) is 10.3 Å². The Morgan fingerprint density at radius 1 is 1.50 bits per heavy atom. The van der Waals surface area contributed by atoms with Crippen molar-refractivity contribution in [1.29, 1.82) is 0 Å². The molecule has 0 aliphatic carbocycles. The number of thiazole rings is 1. The maximum Gasteiger partial charge on any atom is 0.170 e. The number of hydrogen-bond donors (Lipinski definition) is 3. The molecule has 0 bridgehead atoms. The van der Waals surface area contributed by atoms with Crippen molar-refractivity contribution in [2.45, 2.75) is 20.0 Å². The lowest BCUT2D eigenvalue weighted by molar-refractivity contribution is 0.318. The number of aryl methyl sites for hydroxylation is 1. The largest absolute Gasteiger partial charge is 0.409 e. The molecule has 0 aliphatic heterocycles. The number of aromatic nitrogens is 1. The summed E-state index contributed by atoms with van der Waals surface area (Å²) in [6.45, 7) is 3.03. The Kier molecular flexibility index (Phi) is 4.65. The van der Waals surface area contributed by atoms with Crippen LogP contribution >= 0.6 is 11.3 Å². The van der Waals surface area contributed by atoms with E-state index in [1.165, 1.54) is 12.1 Å². The molecule has 2 rings (SSSR count). The first-order valence-electron chi connectivity index (χ1n) is 5.98. The minimum atomic E-state index is -0.425. The van der Waals surface area contributed by atoms with Gasteiger partial charge in [-0.3, -0.25) is 0 Å². The molecule has 7 heteroatoms. The van der Waals surface area contributed by atoms with Crippen molar-refractivity contribution < 1.29 is 9.60 Å². The van der Waals surface area contributed by atoms with Gasteiger partial charge in [0, 0.05) is 29.7 Å². The van der Waals surface area contributed by atoms with Crippen molar-refractivity contribution in [2.24, 2.45) is 10.9 Å². The highest BCUT2D eigenvalue weighted by Crippen LogP contribution is 2.12. The number of benzene rings is 1. The normalized spacial score (nSPS) is 11.8. The Balaban J connectivity index is 2.05. The summed E-state index contributed by atoms with van der Waals surface area (Å²) in [5, 5.41) is 17.8. The van der Waals surface area contributed by atoms with Gasteiger partial charge in [-0.1, -0.05) is 11.2 Å². The summed E-state index contributed by atoms with van der Waals surface area (Å²) < 4.78 is 13.2. The van der Waals surface area contributed by atoms with Crippen molar-refractivity contribution in [2.75, 3.05) is 0 Å². The number of amidine groups is 1. The number of nitrogens with zero attached hydrogens (tertiary/aromatic N) is 2. The van der Waals surface area contributed by atoms with Crippen LogP contribution in [0.4, 0.5) is 4.39 Å². The van der Waals surface area contributed by atoms with Crippen LogP contribution in [0.25, 0.3) is 0 Å². The molecule has 106 valence electrons. The van der Waals surface area contributed by atoms with E-state index in [0.717, 1.165) is 16.3 Å². The molecular formula is C13H15FN4OS. The first-order valence-corrected chi connectivity index (χ1v) is 6.86. The molecule has 0 aliphatic rings. The van der Waals surface area contributed by atoms with Crippen molar-refractivity contribution >= 4 is 17.2 Å². The number of hydrogen-bond acceptors (Lipinski definition) is 5. The van der Waals surface area contributed by atoms with Crippen LogP contribution in [0.15, 0.2) is 28.7 Å². The van der Waals surface area contributed by atoms with Gasteiger partial charge in [-0.2, -0.15) is 0 Å². The zero-order valence-corrected chi connectivity index (χ0v) is 11.7. The van der Waals surface area contributed by atoms with E-state index >= 15 is 0 Å². The van der Waals surface area contributed by atoms with Gasteiger partial charge < -0.3 is 16.3 Å². The summed E-state index contributed by atoms with van der Waals surface area (Å²) in [6.07, 6.45) is 0. The molecule has 1 aromatic heterocycles. The first-order chi connectivity index (χ1) is 9.60.